The molecule has 0 saturated carbocycles. The van der Waals surface area contributed by atoms with Crippen LogP contribution < -0.4 is 0 Å². The Labute approximate surface area is 68.6 Å². The van der Waals surface area contributed by atoms with Crippen molar-refractivity contribution in [3.8, 4) is 0 Å². The molecule has 0 aliphatic carbocycles. The van der Waals surface area contributed by atoms with Crippen molar-refractivity contribution in [2.45, 2.75) is 40.5 Å². The molecule has 0 amide bonds. The van der Waals surface area contributed by atoms with Gasteiger partial charge in [-0.25, -0.2) is 0 Å². The Kier molecular flexibility index (Phi) is 3.56. The summed E-state index contributed by atoms with van der Waals surface area (Å²) in [6.45, 7) is 8.21. The number of hydrogen-bond acceptors (Lipinski definition) is 1. The van der Waals surface area contributed by atoms with Gasteiger partial charge in [0.15, 0.2) is 0 Å². The molecule has 1 N–H and O–H groups in total. The molecular formula is C9H18O2. The van der Waals surface area contributed by atoms with Gasteiger partial charge in [-0.3, -0.25) is 4.79 Å². The standard InChI is InChI=1S/C9H18O2/c1-5-7(2)9(3,4)6-8(10)11/h7H,5-6H2,1-4H3,(H,10,11)/t7-/m0/s1. The van der Waals surface area contributed by atoms with Gasteiger partial charge in [-0.15, -0.1) is 0 Å². The maximum atomic E-state index is 10.4. The molecule has 0 aromatic rings. The summed E-state index contributed by atoms with van der Waals surface area (Å²) in [5.41, 5.74) is -0.0689. The van der Waals surface area contributed by atoms with Crippen molar-refractivity contribution in [2.75, 3.05) is 0 Å². The van der Waals surface area contributed by atoms with Crippen LogP contribution >= 0.6 is 0 Å². The van der Waals surface area contributed by atoms with E-state index in [0.29, 0.717) is 5.92 Å². The Morgan fingerprint density at radius 2 is 2.00 bits per heavy atom. The minimum absolute atomic E-state index is 0.0689. The fourth-order valence-corrected chi connectivity index (χ4v) is 1.12. The summed E-state index contributed by atoms with van der Waals surface area (Å²) in [4.78, 5) is 10.4. The van der Waals surface area contributed by atoms with E-state index in [4.69, 9.17) is 5.11 Å². The van der Waals surface area contributed by atoms with Crippen molar-refractivity contribution in [2.24, 2.45) is 11.3 Å². The third-order valence-corrected chi connectivity index (χ3v) is 2.55. The van der Waals surface area contributed by atoms with Gasteiger partial charge in [-0.1, -0.05) is 34.1 Å². The molecule has 0 aromatic carbocycles. The van der Waals surface area contributed by atoms with Crippen molar-refractivity contribution in [1.82, 2.24) is 0 Å². The summed E-state index contributed by atoms with van der Waals surface area (Å²) in [5.74, 6) is -0.228. The van der Waals surface area contributed by atoms with E-state index in [0.717, 1.165) is 6.42 Å². The molecule has 0 radical (unpaired) electrons. The summed E-state index contributed by atoms with van der Waals surface area (Å²) in [6, 6.07) is 0. The van der Waals surface area contributed by atoms with Crippen LogP contribution in [0, 0.1) is 11.3 Å². The molecule has 0 fully saturated rings. The number of hydrogen-bond donors (Lipinski definition) is 1. The fraction of sp³-hybridized carbons (Fsp3) is 0.889. The average molecular weight is 158 g/mol. The number of carbonyl (C=O) groups is 1. The van der Waals surface area contributed by atoms with Crippen LogP contribution in [0.3, 0.4) is 0 Å². The molecule has 2 nitrogen and oxygen atoms in total. The lowest BCUT2D eigenvalue weighted by Crippen LogP contribution is -2.24. The van der Waals surface area contributed by atoms with Crippen LogP contribution in [0.2, 0.25) is 0 Å². The van der Waals surface area contributed by atoms with Crippen LogP contribution in [0.1, 0.15) is 40.5 Å². The molecule has 0 aliphatic rings. The molecule has 1 atom stereocenters. The van der Waals surface area contributed by atoms with Gasteiger partial charge in [-0.2, -0.15) is 0 Å². The second-order valence-corrected chi connectivity index (χ2v) is 3.87. The van der Waals surface area contributed by atoms with Gasteiger partial charge in [-0.05, 0) is 11.3 Å². The first-order valence-corrected chi connectivity index (χ1v) is 4.12. The molecule has 0 unspecified atom stereocenters. The normalized spacial score (nSPS) is 14.5. The number of aliphatic carboxylic acids is 1. The monoisotopic (exact) mass is 158 g/mol. The zero-order valence-corrected chi connectivity index (χ0v) is 7.85. The highest BCUT2D eigenvalue weighted by Crippen LogP contribution is 2.32. The lowest BCUT2D eigenvalue weighted by molar-refractivity contribution is -0.140. The third-order valence-electron chi connectivity index (χ3n) is 2.55. The SMILES string of the molecule is CC[C@H](C)C(C)(C)CC(=O)O. The smallest absolute Gasteiger partial charge is 0.303 e. The van der Waals surface area contributed by atoms with Crippen molar-refractivity contribution < 1.29 is 9.90 Å². The quantitative estimate of drug-likeness (QED) is 0.682. The van der Waals surface area contributed by atoms with E-state index in [9.17, 15) is 4.79 Å². The number of carboxylic acids is 1. The minimum Gasteiger partial charge on any atom is -0.481 e. The van der Waals surface area contributed by atoms with Gasteiger partial charge in [0.2, 0.25) is 0 Å². The highest BCUT2D eigenvalue weighted by atomic mass is 16.4. The number of rotatable bonds is 4. The summed E-state index contributed by atoms with van der Waals surface area (Å²) < 4.78 is 0. The first-order chi connectivity index (χ1) is 4.90. The van der Waals surface area contributed by atoms with E-state index in [2.05, 4.69) is 13.8 Å². The van der Waals surface area contributed by atoms with Gasteiger partial charge < -0.3 is 5.11 Å². The fourth-order valence-electron chi connectivity index (χ4n) is 1.12. The van der Waals surface area contributed by atoms with Gasteiger partial charge in [0.25, 0.3) is 0 Å². The van der Waals surface area contributed by atoms with Crippen LogP contribution in [0.4, 0.5) is 0 Å². The van der Waals surface area contributed by atoms with E-state index < -0.39 is 5.97 Å². The zero-order valence-electron chi connectivity index (χ0n) is 7.85. The number of carboxylic acid groups (broad SMARTS) is 1. The Hall–Kier alpha value is -0.530. The summed E-state index contributed by atoms with van der Waals surface area (Å²) >= 11 is 0. The van der Waals surface area contributed by atoms with E-state index in [1.807, 2.05) is 13.8 Å². The maximum absolute atomic E-state index is 10.4. The highest BCUT2D eigenvalue weighted by Gasteiger charge is 2.26. The van der Waals surface area contributed by atoms with E-state index in [1.165, 1.54) is 0 Å². The lowest BCUT2D eigenvalue weighted by Gasteiger charge is -2.29. The maximum Gasteiger partial charge on any atom is 0.303 e. The van der Waals surface area contributed by atoms with Crippen molar-refractivity contribution in [3.05, 3.63) is 0 Å². The van der Waals surface area contributed by atoms with Crippen molar-refractivity contribution in [3.63, 3.8) is 0 Å². The second-order valence-electron chi connectivity index (χ2n) is 3.87. The molecule has 0 spiro atoms. The predicted octanol–water partition coefficient (Wildman–Crippen LogP) is 2.53. The van der Waals surface area contributed by atoms with Crippen molar-refractivity contribution >= 4 is 5.97 Å². The van der Waals surface area contributed by atoms with E-state index >= 15 is 0 Å². The van der Waals surface area contributed by atoms with Gasteiger partial charge in [0, 0.05) is 0 Å². The lowest BCUT2D eigenvalue weighted by atomic mass is 9.76. The molecule has 0 saturated heterocycles. The Balaban J connectivity index is 4.08. The third kappa shape index (κ3) is 3.40. The van der Waals surface area contributed by atoms with Crippen LogP contribution in [0.5, 0.6) is 0 Å². The first-order valence-electron chi connectivity index (χ1n) is 4.12. The second kappa shape index (κ2) is 3.74. The Morgan fingerprint density at radius 3 is 2.27 bits per heavy atom. The molecule has 0 rings (SSSR count). The molecule has 0 heterocycles. The zero-order chi connectivity index (χ0) is 9.07. The highest BCUT2D eigenvalue weighted by molar-refractivity contribution is 5.67. The summed E-state index contributed by atoms with van der Waals surface area (Å²) in [7, 11) is 0. The van der Waals surface area contributed by atoms with Crippen LogP contribution in [-0.2, 0) is 4.79 Å². The van der Waals surface area contributed by atoms with Gasteiger partial charge >= 0.3 is 5.97 Å². The van der Waals surface area contributed by atoms with E-state index in [-0.39, 0.29) is 11.8 Å². The molecule has 2 heteroatoms. The Bertz CT molecular complexity index is 138. The Morgan fingerprint density at radius 1 is 1.55 bits per heavy atom. The molecule has 0 bridgehead atoms. The van der Waals surface area contributed by atoms with Crippen LogP contribution in [0.25, 0.3) is 0 Å². The largest absolute Gasteiger partial charge is 0.481 e. The van der Waals surface area contributed by atoms with E-state index in [1.54, 1.807) is 0 Å². The first kappa shape index (κ1) is 10.5. The topological polar surface area (TPSA) is 37.3 Å². The van der Waals surface area contributed by atoms with Crippen LogP contribution in [-0.4, -0.2) is 11.1 Å². The molecule has 66 valence electrons. The predicted molar refractivity (Wildman–Crippen MR) is 45.5 cm³/mol. The van der Waals surface area contributed by atoms with Crippen LogP contribution in [0.15, 0.2) is 0 Å². The molecule has 0 aromatic heterocycles. The molecule has 0 aliphatic heterocycles. The molecular weight excluding hydrogens is 140 g/mol. The summed E-state index contributed by atoms with van der Waals surface area (Å²) in [5, 5.41) is 8.59. The summed E-state index contributed by atoms with van der Waals surface area (Å²) in [6.07, 6.45) is 1.31. The van der Waals surface area contributed by atoms with Gasteiger partial charge in [0.05, 0.1) is 6.42 Å². The van der Waals surface area contributed by atoms with Crippen molar-refractivity contribution in [1.29, 1.82) is 0 Å². The minimum atomic E-state index is -0.699. The van der Waals surface area contributed by atoms with Gasteiger partial charge in [0.1, 0.15) is 0 Å². The molecule has 11 heavy (non-hydrogen) atoms. The average Bonchev–Trinajstić information content (AvgIpc) is 1.83.